The molecule has 104 valence electrons. The maximum atomic E-state index is 12.6. The molecule has 0 bridgehead atoms. The fourth-order valence-electron chi connectivity index (χ4n) is 4.49. The number of fused-ring (bicyclic) bond motifs is 1. The van der Waals surface area contributed by atoms with E-state index in [1.807, 2.05) is 0 Å². The van der Waals surface area contributed by atoms with Crippen molar-refractivity contribution in [3.8, 4) is 0 Å². The summed E-state index contributed by atoms with van der Waals surface area (Å²) >= 11 is 0. The number of hydrogen-bond donors (Lipinski definition) is 0. The Labute approximate surface area is 117 Å². The molecule has 0 aromatic carbocycles. The molecule has 4 unspecified atom stereocenters. The van der Waals surface area contributed by atoms with E-state index in [-0.39, 0.29) is 11.3 Å². The lowest BCUT2D eigenvalue weighted by atomic mass is 9.54. The van der Waals surface area contributed by atoms with Crippen LogP contribution in [-0.2, 0) is 4.79 Å². The van der Waals surface area contributed by atoms with Crippen LogP contribution >= 0.6 is 0 Å². The zero-order valence-electron chi connectivity index (χ0n) is 12.3. The second-order valence-electron chi connectivity index (χ2n) is 7.14. The highest BCUT2D eigenvalue weighted by Gasteiger charge is 2.48. The predicted molar refractivity (Wildman–Crippen MR) is 78.8 cm³/mol. The Morgan fingerprint density at radius 2 is 2.16 bits per heavy atom. The summed E-state index contributed by atoms with van der Waals surface area (Å²) < 4.78 is 0. The smallest absolute Gasteiger partial charge is 0.140 e. The lowest BCUT2D eigenvalue weighted by molar-refractivity contribution is -0.131. The van der Waals surface area contributed by atoms with Gasteiger partial charge in [-0.1, -0.05) is 37.6 Å². The van der Waals surface area contributed by atoms with Gasteiger partial charge >= 0.3 is 0 Å². The summed E-state index contributed by atoms with van der Waals surface area (Å²) in [5.41, 5.74) is 1.80. The van der Waals surface area contributed by atoms with Gasteiger partial charge in [0.1, 0.15) is 5.78 Å². The van der Waals surface area contributed by atoms with Crippen molar-refractivity contribution in [3.63, 3.8) is 0 Å². The molecule has 4 atom stereocenters. The average Bonchev–Trinajstić information content (AvgIpc) is 2.41. The number of Topliss-reactive ketones (excluding diaryl/α,β-unsaturated/α-hetero) is 1. The molecule has 1 fully saturated rings. The number of ketones is 1. The van der Waals surface area contributed by atoms with E-state index in [2.05, 4.69) is 32.1 Å². The fraction of sp³-hybridized carbons (Fsp3) is 0.722. The molecule has 1 heteroatoms. The maximum absolute atomic E-state index is 12.6. The number of allylic oxidation sites excluding steroid dienone is 4. The minimum Gasteiger partial charge on any atom is -0.299 e. The van der Waals surface area contributed by atoms with Crippen LogP contribution in [0.2, 0.25) is 0 Å². The van der Waals surface area contributed by atoms with E-state index in [1.54, 1.807) is 5.57 Å². The van der Waals surface area contributed by atoms with Gasteiger partial charge < -0.3 is 0 Å². The van der Waals surface area contributed by atoms with Crippen molar-refractivity contribution in [2.45, 2.75) is 58.8 Å². The van der Waals surface area contributed by atoms with Crippen molar-refractivity contribution in [3.05, 3.63) is 23.8 Å². The topological polar surface area (TPSA) is 17.1 Å². The van der Waals surface area contributed by atoms with Crippen LogP contribution in [0.4, 0.5) is 0 Å². The molecule has 0 N–H and O–H groups in total. The molecule has 0 aromatic rings. The predicted octanol–water partition coefficient (Wildman–Crippen LogP) is 4.68. The summed E-state index contributed by atoms with van der Waals surface area (Å²) in [4.78, 5) is 12.6. The van der Waals surface area contributed by atoms with E-state index < -0.39 is 0 Å². The molecule has 3 aliphatic rings. The molecule has 3 rings (SSSR count). The molecule has 3 aliphatic carbocycles. The highest BCUT2D eigenvalue weighted by molar-refractivity contribution is 5.85. The molecule has 0 spiro atoms. The second kappa shape index (κ2) is 4.92. The fourth-order valence-corrected chi connectivity index (χ4v) is 4.49. The zero-order chi connectivity index (χ0) is 13.5. The van der Waals surface area contributed by atoms with Crippen LogP contribution in [0.1, 0.15) is 58.8 Å². The Kier molecular flexibility index (Phi) is 3.41. The van der Waals surface area contributed by atoms with Gasteiger partial charge in [0.25, 0.3) is 0 Å². The van der Waals surface area contributed by atoms with Crippen LogP contribution in [0, 0.1) is 23.2 Å². The molecule has 1 nitrogen and oxygen atoms in total. The van der Waals surface area contributed by atoms with Crippen LogP contribution in [0.3, 0.4) is 0 Å². The first-order chi connectivity index (χ1) is 9.11. The van der Waals surface area contributed by atoms with Gasteiger partial charge in [-0.05, 0) is 55.8 Å². The molecule has 1 saturated carbocycles. The summed E-state index contributed by atoms with van der Waals surface area (Å²) in [5, 5.41) is 0. The van der Waals surface area contributed by atoms with Gasteiger partial charge in [0.2, 0.25) is 0 Å². The summed E-state index contributed by atoms with van der Waals surface area (Å²) in [6.07, 6.45) is 15.2. The van der Waals surface area contributed by atoms with E-state index >= 15 is 0 Å². The Hall–Kier alpha value is -0.850. The van der Waals surface area contributed by atoms with E-state index in [0.717, 1.165) is 12.8 Å². The Balaban J connectivity index is 1.86. The Morgan fingerprint density at radius 3 is 2.89 bits per heavy atom. The van der Waals surface area contributed by atoms with Gasteiger partial charge in [-0.3, -0.25) is 4.79 Å². The number of carbonyl (C=O) groups excluding carboxylic acids is 1. The van der Waals surface area contributed by atoms with Gasteiger partial charge in [0.15, 0.2) is 0 Å². The zero-order valence-corrected chi connectivity index (χ0v) is 12.3. The highest BCUT2D eigenvalue weighted by Crippen LogP contribution is 2.53. The lowest BCUT2D eigenvalue weighted by Gasteiger charge is -2.49. The number of hydrogen-bond acceptors (Lipinski definition) is 1. The van der Waals surface area contributed by atoms with Crippen LogP contribution < -0.4 is 0 Å². The Bertz CT molecular complexity index is 431. The first-order valence-corrected chi connectivity index (χ1v) is 7.99. The van der Waals surface area contributed by atoms with Crippen molar-refractivity contribution < 1.29 is 4.79 Å². The third-order valence-electron chi connectivity index (χ3n) is 5.99. The normalized spacial score (nSPS) is 42.7. The van der Waals surface area contributed by atoms with Gasteiger partial charge in [-0.15, -0.1) is 0 Å². The van der Waals surface area contributed by atoms with Crippen molar-refractivity contribution in [1.82, 2.24) is 0 Å². The molecule has 0 amide bonds. The van der Waals surface area contributed by atoms with Crippen LogP contribution in [0.15, 0.2) is 23.8 Å². The highest BCUT2D eigenvalue weighted by atomic mass is 16.1. The van der Waals surface area contributed by atoms with Crippen LogP contribution in [0.25, 0.3) is 0 Å². The number of carbonyl (C=O) groups is 1. The van der Waals surface area contributed by atoms with Crippen LogP contribution in [0.5, 0.6) is 0 Å². The Morgan fingerprint density at radius 1 is 1.32 bits per heavy atom. The van der Waals surface area contributed by atoms with E-state index in [1.165, 1.54) is 32.1 Å². The van der Waals surface area contributed by atoms with Crippen molar-refractivity contribution >= 4 is 5.78 Å². The molecular formula is C18H26O. The minimum atomic E-state index is 0.191. The van der Waals surface area contributed by atoms with Gasteiger partial charge in [-0.2, -0.15) is 0 Å². The first-order valence-electron chi connectivity index (χ1n) is 7.99. The van der Waals surface area contributed by atoms with E-state index in [0.29, 0.717) is 17.6 Å². The maximum Gasteiger partial charge on any atom is 0.140 e. The molecule has 0 aliphatic heterocycles. The monoisotopic (exact) mass is 258 g/mol. The molecule has 0 saturated heterocycles. The minimum absolute atomic E-state index is 0.191. The second-order valence-corrected chi connectivity index (χ2v) is 7.14. The SMILES string of the molecule is CC1CC=CC2C(=O)CC(C3=CCCCC3)CC12C. The number of rotatable bonds is 1. The third kappa shape index (κ3) is 2.22. The quantitative estimate of drug-likeness (QED) is 0.624. The standard InChI is InChI=1S/C18H26O/c1-13-7-6-10-16-17(19)11-15(12-18(13,16)2)14-8-4-3-5-9-14/h6,8,10,13,15-16H,3-5,7,9,11-12H2,1-2H3. The van der Waals surface area contributed by atoms with E-state index in [9.17, 15) is 4.79 Å². The summed E-state index contributed by atoms with van der Waals surface area (Å²) in [7, 11) is 0. The van der Waals surface area contributed by atoms with Gasteiger partial charge in [-0.25, -0.2) is 0 Å². The summed E-state index contributed by atoms with van der Waals surface area (Å²) in [6, 6.07) is 0. The van der Waals surface area contributed by atoms with E-state index in [4.69, 9.17) is 0 Å². The van der Waals surface area contributed by atoms with Crippen LogP contribution in [-0.4, -0.2) is 5.78 Å². The average molecular weight is 258 g/mol. The molecule has 0 aromatic heterocycles. The largest absolute Gasteiger partial charge is 0.299 e. The van der Waals surface area contributed by atoms with Gasteiger partial charge in [0.05, 0.1) is 0 Å². The van der Waals surface area contributed by atoms with Gasteiger partial charge in [0, 0.05) is 12.3 Å². The molecule has 0 heterocycles. The third-order valence-corrected chi connectivity index (χ3v) is 5.99. The molecular weight excluding hydrogens is 232 g/mol. The summed E-state index contributed by atoms with van der Waals surface area (Å²) in [6.45, 7) is 4.70. The molecule has 19 heavy (non-hydrogen) atoms. The molecule has 0 radical (unpaired) electrons. The van der Waals surface area contributed by atoms with Crippen molar-refractivity contribution in [2.24, 2.45) is 23.2 Å². The first kappa shape index (κ1) is 13.1. The lowest BCUT2D eigenvalue weighted by Crippen LogP contribution is -2.46. The van der Waals surface area contributed by atoms with Crippen molar-refractivity contribution in [1.29, 1.82) is 0 Å². The summed E-state index contributed by atoms with van der Waals surface area (Å²) in [5.74, 6) is 1.87. The van der Waals surface area contributed by atoms with Crippen molar-refractivity contribution in [2.75, 3.05) is 0 Å².